The first-order valence-corrected chi connectivity index (χ1v) is 10.5. The summed E-state index contributed by atoms with van der Waals surface area (Å²) < 4.78 is 24.0. The lowest BCUT2D eigenvalue weighted by molar-refractivity contribution is 0.0276. The second kappa shape index (κ2) is 8.56. The van der Waals surface area contributed by atoms with Crippen LogP contribution >= 0.6 is 11.3 Å². The topological polar surface area (TPSA) is 97.6 Å². The summed E-state index contributed by atoms with van der Waals surface area (Å²) in [6, 6.07) is 5.96. The molecule has 1 aromatic carbocycles. The molecule has 2 amide bonds. The van der Waals surface area contributed by atoms with Gasteiger partial charge >= 0.3 is 0 Å². The van der Waals surface area contributed by atoms with Crippen molar-refractivity contribution in [3.63, 3.8) is 0 Å². The highest BCUT2D eigenvalue weighted by molar-refractivity contribution is 7.15. The maximum atomic E-state index is 13.3. The van der Waals surface area contributed by atoms with Crippen molar-refractivity contribution in [1.29, 1.82) is 0 Å². The summed E-state index contributed by atoms with van der Waals surface area (Å²) in [4.78, 5) is 32.4. The Labute approximate surface area is 182 Å². The van der Waals surface area contributed by atoms with Crippen LogP contribution in [0.4, 0.5) is 4.39 Å². The van der Waals surface area contributed by atoms with Gasteiger partial charge in [-0.15, -0.1) is 11.3 Å². The Morgan fingerprint density at radius 1 is 1.26 bits per heavy atom. The predicted molar refractivity (Wildman–Crippen MR) is 111 cm³/mol. The smallest absolute Gasteiger partial charge is 0.276 e. The molecular weight excluding hydrogens is 423 g/mol. The molecule has 1 atom stereocenters. The normalized spacial score (nSPS) is 16.0. The molecule has 3 aromatic rings. The minimum atomic E-state index is -0.625. The van der Waals surface area contributed by atoms with Crippen LogP contribution < -0.4 is 5.32 Å². The number of nitrogens with zero attached hydrogens (tertiary/aromatic N) is 3. The van der Waals surface area contributed by atoms with Crippen LogP contribution in [0.3, 0.4) is 0 Å². The Hall–Kier alpha value is -3.11. The molecule has 4 rings (SSSR count). The Bertz CT molecular complexity index is 1110. The van der Waals surface area contributed by atoms with Gasteiger partial charge in [-0.05, 0) is 38.5 Å². The molecule has 31 heavy (non-hydrogen) atoms. The van der Waals surface area contributed by atoms with Crippen LogP contribution in [0.5, 0.6) is 0 Å². The molecule has 8 nitrogen and oxygen atoms in total. The van der Waals surface area contributed by atoms with Crippen molar-refractivity contribution in [1.82, 2.24) is 20.4 Å². The molecule has 0 aliphatic carbocycles. The Balaban J connectivity index is 1.51. The molecule has 0 radical (unpaired) electrons. The van der Waals surface area contributed by atoms with Gasteiger partial charge in [-0.1, -0.05) is 17.3 Å². The highest BCUT2D eigenvalue weighted by Crippen LogP contribution is 2.32. The minimum Gasteiger partial charge on any atom is -0.361 e. The molecule has 1 unspecified atom stereocenters. The van der Waals surface area contributed by atoms with E-state index >= 15 is 0 Å². The van der Waals surface area contributed by atoms with Crippen LogP contribution in [0.1, 0.15) is 37.3 Å². The van der Waals surface area contributed by atoms with E-state index in [4.69, 9.17) is 9.26 Å². The largest absolute Gasteiger partial charge is 0.361 e. The van der Waals surface area contributed by atoms with Crippen LogP contribution in [0.15, 0.2) is 28.8 Å². The van der Waals surface area contributed by atoms with Crippen molar-refractivity contribution in [3.8, 4) is 10.4 Å². The van der Waals surface area contributed by atoms with E-state index in [0.717, 1.165) is 10.6 Å². The van der Waals surface area contributed by atoms with Crippen LogP contribution in [0.25, 0.3) is 10.4 Å². The standard InChI is InChI=1S/C21H21FN4O4S/c1-11-17(12(2)30-25-11)20(27)23-10-16-26(8-9-29-16)21(28)18-19(31-13(3)24-18)14-4-6-15(22)7-5-14/h4-7,16H,8-10H2,1-3H3,(H,23,27). The average molecular weight is 444 g/mol. The Morgan fingerprint density at radius 3 is 2.68 bits per heavy atom. The number of carbonyl (C=O) groups is 2. The number of nitrogens with one attached hydrogen (secondary N) is 1. The first-order chi connectivity index (χ1) is 14.8. The number of benzene rings is 1. The molecule has 1 fully saturated rings. The van der Waals surface area contributed by atoms with E-state index in [9.17, 15) is 14.0 Å². The molecular formula is C21H21FN4O4S. The number of carbonyl (C=O) groups excluding carboxylic acids is 2. The third kappa shape index (κ3) is 4.21. The van der Waals surface area contributed by atoms with Gasteiger partial charge in [-0.2, -0.15) is 0 Å². The summed E-state index contributed by atoms with van der Waals surface area (Å²) in [5, 5.41) is 7.30. The van der Waals surface area contributed by atoms with E-state index in [1.165, 1.54) is 23.5 Å². The Kier molecular flexibility index (Phi) is 5.84. The number of ether oxygens (including phenoxy) is 1. The van der Waals surface area contributed by atoms with Crippen LogP contribution in [0.2, 0.25) is 0 Å². The summed E-state index contributed by atoms with van der Waals surface area (Å²) in [6.45, 7) is 6.02. The maximum absolute atomic E-state index is 13.3. The van der Waals surface area contributed by atoms with Crippen LogP contribution in [-0.4, -0.2) is 52.8 Å². The molecule has 1 aliphatic heterocycles. The number of aromatic nitrogens is 2. The molecule has 0 saturated carbocycles. The number of hydrogen-bond donors (Lipinski definition) is 1. The van der Waals surface area contributed by atoms with Crippen molar-refractivity contribution in [3.05, 3.63) is 57.8 Å². The Morgan fingerprint density at radius 2 is 2.00 bits per heavy atom. The molecule has 3 heterocycles. The number of halogens is 1. The first-order valence-electron chi connectivity index (χ1n) is 9.72. The van der Waals surface area contributed by atoms with Gasteiger partial charge in [0, 0.05) is 6.54 Å². The van der Waals surface area contributed by atoms with Crippen molar-refractivity contribution in [2.45, 2.75) is 27.0 Å². The van der Waals surface area contributed by atoms with E-state index in [1.807, 2.05) is 6.92 Å². The number of thiazole rings is 1. The highest BCUT2D eigenvalue weighted by atomic mass is 32.1. The van der Waals surface area contributed by atoms with Crippen molar-refractivity contribution < 1.29 is 23.2 Å². The zero-order valence-electron chi connectivity index (χ0n) is 17.3. The van der Waals surface area contributed by atoms with Gasteiger partial charge in [-0.3, -0.25) is 9.59 Å². The number of rotatable bonds is 5. The fraction of sp³-hybridized carbons (Fsp3) is 0.333. The van der Waals surface area contributed by atoms with Gasteiger partial charge < -0.3 is 19.5 Å². The van der Waals surface area contributed by atoms with Gasteiger partial charge in [0.25, 0.3) is 11.8 Å². The van der Waals surface area contributed by atoms with Crippen molar-refractivity contribution in [2.24, 2.45) is 0 Å². The summed E-state index contributed by atoms with van der Waals surface area (Å²) in [7, 11) is 0. The van der Waals surface area contributed by atoms with Gasteiger partial charge in [0.15, 0.2) is 0 Å². The number of aryl methyl sites for hydroxylation is 3. The SMILES string of the molecule is Cc1nc(C(=O)N2CCOC2CNC(=O)c2c(C)noc2C)c(-c2ccc(F)cc2)s1. The predicted octanol–water partition coefficient (Wildman–Crippen LogP) is 3.09. The van der Waals surface area contributed by atoms with Gasteiger partial charge in [0.2, 0.25) is 0 Å². The number of amides is 2. The van der Waals surface area contributed by atoms with Crippen molar-refractivity contribution in [2.75, 3.05) is 19.7 Å². The quantitative estimate of drug-likeness (QED) is 0.650. The molecule has 1 N–H and O–H groups in total. The van der Waals surface area contributed by atoms with E-state index in [2.05, 4.69) is 15.5 Å². The monoisotopic (exact) mass is 444 g/mol. The number of hydrogen-bond acceptors (Lipinski definition) is 7. The summed E-state index contributed by atoms with van der Waals surface area (Å²) in [6.07, 6.45) is -0.625. The van der Waals surface area contributed by atoms with E-state index < -0.39 is 6.23 Å². The molecule has 0 bridgehead atoms. The minimum absolute atomic E-state index is 0.115. The van der Waals surface area contributed by atoms with Crippen molar-refractivity contribution >= 4 is 23.2 Å². The maximum Gasteiger partial charge on any atom is 0.276 e. The fourth-order valence-corrected chi connectivity index (χ4v) is 4.42. The molecule has 162 valence electrons. The lowest BCUT2D eigenvalue weighted by Crippen LogP contribution is -2.44. The fourth-order valence-electron chi connectivity index (χ4n) is 3.50. The zero-order chi connectivity index (χ0) is 22.1. The highest BCUT2D eigenvalue weighted by Gasteiger charge is 2.34. The molecule has 1 saturated heterocycles. The van der Waals surface area contributed by atoms with Gasteiger partial charge in [0.1, 0.15) is 29.1 Å². The lowest BCUT2D eigenvalue weighted by atomic mass is 10.1. The average Bonchev–Trinajstić information content (AvgIpc) is 3.45. The van der Waals surface area contributed by atoms with Gasteiger partial charge in [0.05, 0.1) is 28.7 Å². The second-order valence-corrected chi connectivity index (χ2v) is 8.35. The summed E-state index contributed by atoms with van der Waals surface area (Å²) in [5.74, 6) is -0.550. The third-order valence-corrected chi connectivity index (χ3v) is 6.01. The molecule has 10 heteroatoms. The van der Waals surface area contributed by atoms with Crippen LogP contribution in [0, 0.1) is 26.6 Å². The second-order valence-electron chi connectivity index (χ2n) is 7.15. The molecule has 0 spiro atoms. The first kappa shape index (κ1) is 21.1. The lowest BCUT2D eigenvalue weighted by Gasteiger charge is -2.23. The van der Waals surface area contributed by atoms with Gasteiger partial charge in [-0.25, -0.2) is 9.37 Å². The molecule has 2 aromatic heterocycles. The summed E-state index contributed by atoms with van der Waals surface area (Å²) >= 11 is 1.37. The molecule has 1 aliphatic rings. The van der Waals surface area contributed by atoms with E-state index in [-0.39, 0.29) is 24.2 Å². The van der Waals surface area contributed by atoms with E-state index in [0.29, 0.717) is 40.7 Å². The van der Waals surface area contributed by atoms with Crippen LogP contribution in [-0.2, 0) is 4.74 Å². The summed E-state index contributed by atoms with van der Waals surface area (Å²) in [5.41, 5.74) is 1.89. The zero-order valence-corrected chi connectivity index (χ0v) is 18.1. The third-order valence-electron chi connectivity index (χ3n) is 4.99. The van der Waals surface area contributed by atoms with E-state index in [1.54, 1.807) is 30.9 Å².